The molecule has 0 bridgehead atoms. The van der Waals surface area contributed by atoms with Crippen molar-refractivity contribution in [1.82, 2.24) is 0 Å². The smallest absolute Gasteiger partial charge is 0.338 e. The lowest BCUT2D eigenvalue weighted by molar-refractivity contribution is 0.0696. The van der Waals surface area contributed by atoms with Gasteiger partial charge in [0.05, 0.1) is 5.56 Å². The van der Waals surface area contributed by atoms with E-state index in [2.05, 4.69) is 0 Å². The lowest BCUT2D eigenvalue weighted by atomic mass is 10.2. The lowest BCUT2D eigenvalue weighted by Gasteiger charge is -2.05. The van der Waals surface area contributed by atoms with Crippen molar-refractivity contribution in [2.75, 3.05) is 0 Å². The number of carbonyl (C=O) groups excluding carboxylic acids is 1. The van der Waals surface area contributed by atoms with E-state index in [0.717, 1.165) is 12.3 Å². The van der Waals surface area contributed by atoms with Crippen LogP contribution in [-0.4, -0.2) is 17.4 Å². The molecule has 6 heteroatoms. The van der Waals surface area contributed by atoms with Crippen molar-refractivity contribution in [3.8, 4) is 5.75 Å². The van der Waals surface area contributed by atoms with E-state index in [0.29, 0.717) is 6.29 Å². The summed E-state index contributed by atoms with van der Waals surface area (Å²) in [5.41, 5.74) is 0.200. The van der Waals surface area contributed by atoms with E-state index in [4.69, 9.17) is 14.3 Å². The Bertz CT molecular complexity index is 617. The van der Waals surface area contributed by atoms with Crippen molar-refractivity contribution in [3.63, 3.8) is 0 Å². The summed E-state index contributed by atoms with van der Waals surface area (Å²) in [4.78, 5) is 21.1. The van der Waals surface area contributed by atoms with Gasteiger partial charge in [0, 0.05) is 5.56 Å². The first-order valence-corrected chi connectivity index (χ1v) is 5.28. The summed E-state index contributed by atoms with van der Waals surface area (Å²) in [6.07, 6.45) is 1.60. The van der Waals surface area contributed by atoms with Gasteiger partial charge in [0.15, 0.2) is 11.6 Å². The third kappa shape index (κ3) is 2.98. The maximum absolute atomic E-state index is 13.5. The molecule has 1 N–H and O–H groups in total. The molecule has 0 saturated carbocycles. The maximum atomic E-state index is 13.5. The second-order valence-electron chi connectivity index (χ2n) is 3.70. The second kappa shape index (κ2) is 5.34. The molecular formula is C13H9FO5. The Balaban J connectivity index is 2.05. The SMILES string of the molecule is O=Cc1ccc(OCc2cc(C(=O)O)co2)c(F)c1. The van der Waals surface area contributed by atoms with Gasteiger partial charge in [0.1, 0.15) is 24.9 Å². The van der Waals surface area contributed by atoms with Crippen molar-refractivity contribution in [2.45, 2.75) is 6.61 Å². The molecule has 98 valence electrons. The number of aldehydes is 1. The number of rotatable bonds is 5. The zero-order valence-electron chi connectivity index (χ0n) is 9.63. The topological polar surface area (TPSA) is 76.7 Å². The molecule has 5 nitrogen and oxygen atoms in total. The summed E-state index contributed by atoms with van der Waals surface area (Å²) in [6, 6.07) is 5.07. The van der Waals surface area contributed by atoms with E-state index in [1.165, 1.54) is 18.2 Å². The Kier molecular flexibility index (Phi) is 3.61. The second-order valence-corrected chi connectivity index (χ2v) is 3.70. The number of hydrogen-bond donors (Lipinski definition) is 1. The third-order valence-electron chi connectivity index (χ3n) is 2.36. The predicted octanol–water partition coefficient (Wildman–Crippen LogP) is 2.51. The van der Waals surface area contributed by atoms with E-state index in [-0.39, 0.29) is 29.2 Å². The molecule has 0 amide bonds. The number of aromatic carboxylic acids is 1. The van der Waals surface area contributed by atoms with Crippen molar-refractivity contribution >= 4 is 12.3 Å². The molecule has 2 rings (SSSR count). The molecule has 19 heavy (non-hydrogen) atoms. The van der Waals surface area contributed by atoms with Crippen molar-refractivity contribution in [1.29, 1.82) is 0 Å². The molecule has 0 spiro atoms. The molecule has 1 heterocycles. The van der Waals surface area contributed by atoms with Gasteiger partial charge < -0.3 is 14.3 Å². The van der Waals surface area contributed by atoms with Crippen LogP contribution in [-0.2, 0) is 6.61 Å². The number of benzene rings is 1. The fraction of sp³-hybridized carbons (Fsp3) is 0.0769. The van der Waals surface area contributed by atoms with E-state index in [1.807, 2.05) is 0 Å². The number of carboxylic acids is 1. The summed E-state index contributed by atoms with van der Waals surface area (Å²) < 4.78 is 23.6. The Morgan fingerprint density at radius 3 is 2.79 bits per heavy atom. The fourth-order valence-corrected chi connectivity index (χ4v) is 1.42. The highest BCUT2D eigenvalue weighted by Crippen LogP contribution is 2.19. The quantitative estimate of drug-likeness (QED) is 0.839. The summed E-state index contributed by atoms with van der Waals surface area (Å²) in [7, 11) is 0. The van der Waals surface area contributed by atoms with Gasteiger partial charge in [-0.1, -0.05) is 0 Å². The zero-order chi connectivity index (χ0) is 13.8. The van der Waals surface area contributed by atoms with Crippen LogP contribution in [0, 0.1) is 5.82 Å². The van der Waals surface area contributed by atoms with Gasteiger partial charge in [-0.2, -0.15) is 0 Å². The number of furan rings is 1. The van der Waals surface area contributed by atoms with Crippen LogP contribution in [0.2, 0.25) is 0 Å². The number of hydrogen-bond acceptors (Lipinski definition) is 4. The maximum Gasteiger partial charge on any atom is 0.338 e. The summed E-state index contributed by atoms with van der Waals surface area (Å²) in [5, 5.41) is 8.69. The van der Waals surface area contributed by atoms with Crippen molar-refractivity contribution in [2.24, 2.45) is 0 Å². The van der Waals surface area contributed by atoms with Crippen LogP contribution in [0.25, 0.3) is 0 Å². The molecule has 0 aliphatic heterocycles. The summed E-state index contributed by atoms with van der Waals surface area (Å²) >= 11 is 0. The highest BCUT2D eigenvalue weighted by Gasteiger charge is 2.10. The van der Waals surface area contributed by atoms with Crippen LogP contribution in [0.1, 0.15) is 26.5 Å². The minimum atomic E-state index is -1.11. The first kappa shape index (κ1) is 12.8. The fourth-order valence-electron chi connectivity index (χ4n) is 1.42. The molecule has 0 unspecified atom stereocenters. The van der Waals surface area contributed by atoms with E-state index in [1.54, 1.807) is 0 Å². The van der Waals surface area contributed by atoms with Gasteiger partial charge >= 0.3 is 5.97 Å². The number of halogens is 1. The Labute approximate surface area is 107 Å². The molecule has 0 saturated heterocycles. The standard InChI is InChI=1S/C13H9FO5/c14-11-3-8(5-15)1-2-12(11)19-7-10-4-9(6-18-10)13(16)17/h1-6H,7H2,(H,16,17). The molecule has 2 aromatic rings. The van der Waals surface area contributed by atoms with Crippen LogP contribution >= 0.6 is 0 Å². The first-order chi connectivity index (χ1) is 9.10. The predicted molar refractivity (Wildman–Crippen MR) is 61.8 cm³/mol. The normalized spacial score (nSPS) is 10.2. The minimum absolute atomic E-state index is 0.00428. The van der Waals surface area contributed by atoms with E-state index in [9.17, 15) is 14.0 Å². The molecule has 1 aromatic heterocycles. The average Bonchev–Trinajstić information content (AvgIpc) is 2.86. The Morgan fingerprint density at radius 1 is 1.42 bits per heavy atom. The van der Waals surface area contributed by atoms with E-state index >= 15 is 0 Å². The van der Waals surface area contributed by atoms with Gasteiger partial charge in [-0.15, -0.1) is 0 Å². The van der Waals surface area contributed by atoms with Crippen LogP contribution < -0.4 is 4.74 Å². The van der Waals surface area contributed by atoms with Crippen LogP contribution in [0.4, 0.5) is 4.39 Å². The van der Waals surface area contributed by atoms with Gasteiger partial charge in [-0.05, 0) is 24.3 Å². The highest BCUT2D eigenvalue weighted by atomic mass is 19.1. The average molecular weight is 264 g/mol. The van der Waals surface area contributed by atoms with Crippen LogP contribution in [0.5, 0.6) is 5.75 Å². The first-order valence-electron chi connectivity index (χ1n) is 5.28. The Morgan fingerprint density at radius 2 is 2.21 bits per heavy atom. The van der Waals surface area contributed by atoms with Gasteiger partial charge in [0.25, 0.3) is 0 Å². The lowest BCUT2D eigenvalue weighted by Crippen LogP contribution is -1.97. The van der Waals surface area contributed by atoms with Gasteiger partial charge in [-0.25, -0.2) is 9.18 Å². The van der Waals surface area contributed by atoms with Crippen LogP contribution in [0.3, 0.4) is 0 Å². The van der Waals surface area contributed by atoms with Crippen molar-refractivity contribution in [3.05, 3.63) is 53.2 Å². The third-order valence-corrected chi connectivity index (χ3v) is 2.36. The Hall–Kier alpha value is -2.63. The minimum Gasteiger partial charge on any atom is -0.483 e. The van der Waals surface area contributed by atoms with Gasteiger partial charge in [0.2, 0.25) is 0 Å². The monoisotopic (exact) mass is 264 g/mol. The molecule has 0 fully saturated rings. The molecule has 0 radical (unpaired) electrons. The van der Waals surface area contributed by atoms with E-state index < -0.39 is 11.8 Å². The molecule has 0 atom stereocenters. The summed E-state index contributed by atoms with van der Waals surface area (Å²) in [6.45, 7) is -0.107. The van der Waals surface area contributed by atoms with Crippen LogP contribution in [0.15, 0.2) is 34.9 Å². The molecular weight excluding hydrogens is 255 g/mol. The number of carbonyl (C=O) groups is 2. The summed E-state index contributed by atoms with van der Waals surface area (Å²) in [5.74, 6) is -1.57. The van der Waals surface area contributed by atoms with Crippen molar-refractivity contribution < 1.29 is 28.2 Å². The largest absolute Gasteiger partial charge is 0.483 e. The molecule has 0 aliphatic rings. The van der Waals surface area contributed by atoms with Gasteiger partial charge in [-0.3, -0.25) is 4.79 Å². The molecule has 1 aromatic carbocycles. The highest BCUT2D eigenvalue weighted by molar-refractivity contribution is 5.87. The zero-order valence-corrected chi connectivity index (χ0v) is 9.63. The number of carboxylic acid groups (broad SMARTS) is 1. The molecule has 0 aliphatic carbocycles. The number of ether oxygens (including phenoxy) is 1.